The summed E-state index contributed by atoms with van der Waals surface area (Å²) in [6, 6.07) is 0. The number of esters is 2. The fourth-order valence-electron chi connectivity index (χ4n) is 6.37. The van der Waals surface area contributed by atoms with Crippen molar-refractivity contribution in [2.75, 3.05) is 26.4 Å². The summed E-state index contributed by atoms with van der Waals surface area (Å²) < 4.78 is 32.8. The molecule has 0 amide bonds. The van der Waals surface area contributed by atoms with Crippen LogP contribution in [0.2, 0.25) is 0 Å². The number of ether oxygens (including phenoxy) is 2. The van der Waals surface area contributed by atoms with Crippen LogP contribution in [0.1, 0.15) is 213 Å². The zero-order valence-corrected chi connectivity index (χ0v) is 37.9. The van der Waals surface area contributed by atoms with Crippen LogP contribution >= 0.6 is 7.82 Å². The highest BCUT2D eigenvalue weighted by molar-refractivity contribution is 7.47. The summed E-state index contributed by atoms with van der Waals surface area (Å²) in [7, 11) is -4.62. The molecular weight excluding hydrogens is 755 g/mol. The Hall–Kier alpha value is -1.81. The van der Waals surface area contributed by atoms with Crippen LogP contribution in [0.3, 0.4) is 0 Å². The maximum absolute atomic E-state index is 12.6. The van der Waals surface area contributed by atoms with E-state index >= 15 is 0 Å². The normalized spacial score (nSPS) is 14.1. The molecule has 58 heavy (non-hydrogen) atoms. The maximum atomic E-state index is 12.6. The quantitative estimate of drug-likeness (QED) is 0.0234. The van der Waals surface area contributed by atoms with Crippen molar-refractivity contribution in [3.05, 3.63) is 36.5 Å². The molecule has 0 radical (unpaired) electrons. The van der Waals surface area contributed by atoms with Crippen LogP contribution in [-0.4, -0.2) is 65.7 Å². The van der Waals surface area contributed by atoms with E-state index in [1.165, 1.54) is 109 Å². The lowest BCUT2D eigenvalue weighted by molar-refractivity contribution is -0.161. The molecule has 340 valence electrons. The summed E-state index contributed by atoms with van der Waals surface area (Å²) in [5.41, 5.74) is 0. The standard InChI is InChI=1S/C47H87O10P/c1-3-5-7-9-11-13-15-17-19-21-23-24-26-28-30-32-34-36-38-46(50)54-42-45(43-56-58(52,53)55-41-44(49)40-48)57-47(51)39-37-35-33-31-29-27-25-22-20-18-16-14-12-10-8-6-4-2/h12,14,18-21,44-45,48-49H,3-11,13,15-17,22-43H2,1-2H3,(H,52,53)/b14-12-,20-18-,21-19-. The summed E-state index contributed by atoms with van der Waals surface area (Å²) in [5.74, 6) is -0.934. The minimum Gasteiger partial charge on any atom is -0.462 e. The van der Waals surface area contributed by atoms with E-state index in [9.17, 15) is 24.2 Å². The molecule has 0 aliphatic carbocycles. The topological polar surface area (TPSA) is 149 Å². The molecule has 0 bridgehead atoms. The van der Waals surface area contributed by atoms with Crippen LogP contribution in [-0.2, 0) is 32.7 Å². The first-order valence-corrected chi connectivity index (χ1v) is 24.9. The van der Waals surface area contributed by atoms with Gasteiger partial charge in [-0.25, -0.2) is 4.57 Å². The van der Waals surface area contributed by atoms with Crippen LogP contribution in [0.4, 0.5) is 0 Å². The van der Waals surface area contributed by atoms with Gasteiger partial charge < -0.3 is 24.6 Å². The molecular formula is C47H87O10P. The van der Waals surface area contributed by atoms with Gasteiger partial charge in [0.15, 0.2) is 6.10 Å². The van der Waals surface area contributed by atoms with Crippen molar-refractivity contribution in [2.24, 2.45) is 0 Å². The second-order valence-electron chi connectivity index (χ2n) is 15.8. The number of carbonyl (C=O) groups excluding carboxylic acids is 2. The van der Waals surface area contributed by atoms with Gasteiger partial charge in [-0.2, -0.15) is 0 Å². The average Bonchev–Trinajstić information content (AvgIpc) is 3.21. The highest BCUT2D eigenvalue weighted by atomic mass is 31.2. The second-order valence-corrected chi connectivity index (χ2v) is 17.2. The molecule has 3 unspecified atom stereocenters. The van der Waals surface area contributed by atoms with E-state index in [1.807, 2.05) is 0 Å². The highest BCUT2D eigenvalue weighted by Gasteiger charge is 2.27. The van der Waals surface area contributed by atoms with Gasteiger partial charge in [0.25, 0.3) is 0 Å². The Bertz CT molecular complexity index is 1060. The average molecular weight is 843 g/mol. The number of phosphoric ester groups is 1. The largest absolute Gasteiger partial charge is 0.472 e. The van der Waals surface area contributed by atoms with E-state index in [-0.39, 0.29) is 19.4 Å². The zero-order chi connectivity index (χ0) is 42.6. The fourth-order valence-corrected chi connectivity index (χ4v) is 7.16. The van der Waals surface area contributed by atoms with Crippen LogP contribution in [0, 0.1) is 0 Å². The molecule has 0 aliphatic rings. The van der Waals surface area contributed by atoms with Crippen molar-refractivity contribution >= 4 is 19.8 Å². The minimum absolute atomic E-state index is 0.175. The van der Waals surface area contributed by atoms with Gasteiger partial charge in [0.05, 0.1) is 19.8 Å². The van der Waals surface area contributed by atoms with Crippen LogP contribution in [0.5, 0.6) is 0 Å². The SMILES string of the molecule is CCCCC/C=C\C/C=C\CCCCCCCCCC(=O)OC(COC(=O)CCCCCCCCC/C=C\CCCCCCCCC)COP(=O)(O)OCC(O)CO. The van der Waals surface area contributed by atoms with Gasteiger partial charge in [0.2, 0.25) is 0 Å². The molecule has 0 fully saturated rings. The predicted molar refractivity (Wildman–Crippen MR) is 238 cm³/mol. The fraction of sp³-hybridized carbons (Fsp3) is 0.830. The summed E-state index contributed by atoms with van der Waals surface area (Å²) in [6.45, 7) is 2.36. The maximum Gasteiger partial charge on any atom is 0.472 e. The molecule has 0 aromatic rings. The van der Waals surface area contributed by atoms with Gasteiger partial charge in [-0.3, -0.25) is 18.6 Å². The molecule has 3 N–H and O–H groups in total. The molecule has 0 rings (SSSR count). The summed E-state index contributed by atoms with van der Waals surface area (Å²) in [6.07, 6.45) is 45.3. The zero-order valence-electron chi connectivity index (χ0n) is 37.0. The van der Waals surface area contributed by atoms with Crippen molar-refractivity contribution in [2.45, 2.75) is 225 Å². The van der Waals surface area contributed by atoms with Crippen LogP contribution in [0.15, 0.2) is 36.5 Å². The van der Waals surface area contributed by atoms with Gasteiger partial charge >= 0.3 is 19.8 Å². The third-order valence-electron chi connectivity index (χ3n) is 10.0. The first kappa shape index (κ1) is 56.2. The Morgan fingerprint density at radius 2 is 0.897 bits per heavy atom. The summed E-state index contributed by atoms with van der Waals surface area (Å²) >= 11 is 0. The van der Waals surface area contributed by atoms with Crippen LogP contribution in [0.25, 0.3) is 0 Å². The second kappa shape index (κ2) is 43.3. The molecule has 0 spiro atoms. The highest BCUT2D eigenvalue weighted by Crippen LogP contribution is 2.43. The van der Waals surface area contributed by atoms with Crippen LogP contribution < -0.4 is 0 Å². The number of hydrogen-bond donors (Lipinski definition) is 3. The number of aliphatic hydroxyl groups excluding tert-OH is 2. The van der Waals surface area contributed by atoms with E-state index < -0.39 is 51.8 Å². The third kappa shape index (κ3) is 42.3. The predicted octanol–water partition coefficient (Wildman–Crippen LogP) is 12.7. The Morgan fingerprint density at radius 1 is 0.517 bits per heavy atom. The number of unbranched alkanes of at least 4 members (excludes halogenated alkanes) is 24. The Balaban J connectivity index is 4.26. The Morgan fingerprint density at radius 3 is 1.38 bits per heavy atom. The Labute approximate surface area is 354 Å². The van der Waals surface area contributed by atoms with Crippen molar-refractivity contribution in [3.8, 4) is 0 Å². The molecule has 3 atom stereocenters. The lowest BCUT2D eigenvalue weighted by Crippen LogP contribution is -2.29. The number of aliphatic hydroxyl groups is 2. The lowest BCUT2D eigenvalue weighted by atomic mass is 10.1. The van der Waals surface area contributed by atoms with E-state index in [0.29, 0.717) is 12.8 Å². The first-order chi connectivity index (χ1) is 28.2. The lowest BCUT2D eigenvalue weighted by Gasteiger charge is -2.20. The molecule has 0 aromatic carbocycles. The third-order valence-corrected chi connectivity index (χ3v) is 11.0. The van der Waals surface area contributed by atoms with E-state index in [2.05, 4.69) is 50.3 Å². The molecule has 11 heteroatoms. The monoisotopic (exact) mass is 843 g/mol. The number of allylic oxidation sites excluding steroid dienone is 6. The van der Waals surface area contributed by atoms with Gasteiger partial charge in [-0.05, 0) is 70.6 Å². The van der Waals surface area contributed by atoms with Gasteiger partial charge in [0.1, 0.15) is 12.7 Å². The van der Waals surface area contributed by atoms with Crippen molar-refractivity contribution in [3.63, 3.8) is 0 Å². The van der Waals surface area contributed by atoms with Crippen molar-refractivity contribution in [1.29, 1.82) is 0 Å². The number of phosphoric acid groups is 1. The number of carbonyl (C=O) groups is 2. The Kier molecular flexibility index (Phi) is 41.9. The molecule has 0 heterocycles. The molecule has 0 aliphatic heterocycles. The number of rotatable bonds is 44. The van der Waals surface area contributed by atoms with Gasteiger partial charge in [0, 0.05) is 12.8 Å². The summed E-state index contributed by atoms with van der Waals surface area (Å²) in [5, 5.41) is 18.4. The van der Waals surface area contributed by atoms with Gasteiger partial charge in [-0.1, -0.05) is 166 Å². The number of hydrogen-bond acceptors (Lipinski definition) is 9. The van der Waals surface area contributed by atoms with Crippen molar-refractivity contribution in [1.82, 2.24) is 0 Å². The smallest absolute Gasteiger partial charge is 0.462 e. The van der Waals surface area contributed by atoms with E-state index in [4.69, 9.17) is 23.6 Å². The molecule has 0 saturated carbocycles. The molecule has 0 aromatic heterocycles. The summed E-state index contributed by atoms with van der Waals surface area (Å²) in [4.78, 5) is 35.1. The molecule has 10 nitrogen and oxygen atoms in total. The van der Waals surface area contributed by atoms with Gasteiger partial charge in [-0.15, -0.1) is 0 Å². The molecule has 0 saturated heterocycles. The first-order valence-electron chi connectivity index (χ1n) is 23.4. The van der Waals surface area contributed by atoms with E-state index in [0.717, 1.165) is 64.2 Å². The van der Waals surface area contributed by atoms with E-state index in [1.54, 1.807) is 0 Å². The van der Waals surface area contributed by atoms with Crippen molar-refractivity contribution < 1.29 is 47.8 Å². The minimum atomic E-state index is -4.62.